The van der Waals surface area contributed by atoms with Crippen molar-refractivity contribution in [1.82, 2.24) is 19.7 Å². The van der Waals surface area contributed by atoms with Gasteiger partial charge in [0.25, 0.3) is 0 Å². The van der Waals surface area contributed by atoms with Crippen molar-refractivity contribution in [3.05, 3.63) is 6.33 Å². The SMILES string of the molecule is CCOC(=O)CSc1ncnc2c(OCCC(C)CCCC(C)CCCC(C)C)n(C)nc12. The first-order valence-corrected chi connectivity index (χ1v) is 13.4. The third kappa shape index (κ3) is 9.51. The topological polar surface area (TPSA) is 79.1 Å². The largest absolute Gasteiger partial charge is 0.476 e. The van der Waals surface area contributed by atoms with Crippen molar-refractivity contribution in [3.8, 4) is 5.88 Å². The molecule has 2 atom stereocenters. The number of nitrogens with zero attached hydrogens (tertiary/aromatic N) is 4. The summed E-state index contributed by atoms with van der Waals surface area (Å²) < 4.78 is 12.8. The van der Waals surface area contributed by atoms with Crippen LogP contribution in [0.1, 0.15) is 79.6 Å². The minimum atomic E-state index is -0.263. The zero-order chi connectivity index (χ0) is 24.2. The first-order valence-electron chi connectivity index (χ1n) is 12.4. The Kier molecular flexibility index (Phi) is 12.0. The Bertz CT molecular complexity index is 856. The summed E-state index contributed by atoms with van der Waals surface area (Å²) in [7, 11) is 1.85. The highest BCUT2D eigenvalue weighted by atomic mass is 32.2. The van der Waals surface area contributed by atoms with Gasteiger partial charge in [0.05, 0.1) is 19.0 Å². The van der Waals surface area contributed by atoms with Gasteiger partial charge in [0.2, 0.25) is 5.88 Å². The van der Waals surface area contributed by atoms with Crippen LogP contribution in [0.2, 0.25) is 0 Å². The molecular formula is C25H42N4O3S. The Morgan fingerprint density at radius 2 is 1.67 bits per heavy atom. The van der Waals surface area contributed by atoms with Gasteiger partial charge in [0.15, 0.2) is 5.52 Å². The van der Waals surface area contributed by atoms with Gasteiger partial charge in [0, 0.05) is 7.05 Å². The van der Waals surface area contributed by atoms with Gasteiger partial charge in [-0.05, 0) is 31.1 Å². The lowest BCUT2D eigenvalue weighted by Gasteiger charge is -2.15. The Balaban J connectivity index is 1.78. The van der Waals surface area contributed by atoms with Crippen molar-refractivity contribution in [1.29, 1.82) is 0 Å². The zero-order valence-corrected chi connectivity index (χ0v) is 22.1. The molecule has 8 heteroatoms. The summed E-state index contributed by atoms with van der Waals surface area (Å²) in [6.07, 6.45) is 10.4. The molecule has 2 heterocycles. The van der Waals surface area contributed by atoms with E-state index in [1.54, 1.807) is 11.6 Å². The normalized spacial score (nSPS) is 13.4. The van der Waals surface area contributed by atoms with Crippen LogP contribution in [0.5, 0.6) is 5.88 Å². The number of fused-ring (bicyclic) bond motifs is 1. The lowest BCUT2D eigenvalue weighted by Crippen LogP contribution is -2.07. The molecule has 0 aliphatic rings. The molecule has 0 fully saturated rings. The van der Waals surface area contributed by atoms with Crippen molar-refractivity contribution >= 4 is 28.8 Å². The monoisotopic (exact) mass is 478 g/mol. The molecule has 0 N–H and O–H groups in total. The van der Waals surface area contributed by atoms with E-state index in [1.165, 1.54) is 56.6 Å². The zero-order valence-electron chi connectivity index (χ0n) is 21.3. The van der Waals surface area contributed by atoms with Crippen LogP contribution >= 0.6 is 11.8 Å². The van der Waals surface area contributed by atoms with E-state index in [0.29, 0.717) is 41.1 Å². The van der Waals surface area contributed by atoms with Gasteiger partial charge in [-0.15, -0.1) is 0 Å². The van der Waals surface area contributed by atoms with E-state index in [0.717, 1.165) is 18.3 Å². The maximum absolute atomic E-state index is 11.7. The van der Waals surface area contributed by atoms with Gasteiger partial charge < -0.3 is 9.47 Å². The molecule has 0 radical (unpaired) electrons. The number of hydrogen-bond acceptors (Lipinski definition) is 7. The van der Waals surface area contributed by atoms with Crippen LogP contribution in [0.3, 0.4) is 0 Å². The van der Waals surface area contributed by atoms with Gasteiger partial charge in [-0.25, -0.2) is 14.6 Å². The Labute approximate surface area is 203 Å². The van der Waals surface area contributed by atoms with Gasteiger partial charge >= 0.3 is 5.97 Å². The summed E-state index contributed by atoms with van der Waals surface area (Å²) in [5.41, 5.74) is 1.34. The van der Waals surface area contributed by atoms with Crippen molar-refractivity contribution in [3.63, 3.8) is 0 Å². The van der Waals surface area contributed by atoms with E-state index in [1.807, 2.05) is 7.05 Å². The fourth-order valence-electron chi connectivity index (χ4n) is 3.89. The highest BCUT2D eigenvalue weighted by molar-refractivity contribution is 8.00. The molecule has 7 nitrogen and oxygen atoms in total. The predicted octanol–water partition coefficient (Wildman–Crippen LogP) is 6.06. The number of carbonyl (C=O) groups is 1. The number of aromatic nitrogens is 4. The lowest BCUT2D eigenvalue weighted by molar-refractivity contribution is -0.139. The fourth-order valence-corrected chi connectivity index (χ4v) is 4.62. The third-order valence-electron chi connectivity index (χ3n) is 5.89. The summed E-state index contributed by atoms with van der Waals surface area (Å²) in [6.45, 7) is 12.1. The van der Waals surface area contributed by atoms with Crippen molar-refractivity contribution in [2.45, 2.75) is 84.6 Å². The van der Waals surface area contributed by atoms with E-state index in [2.05, 4.69) is 42.8 Å². The summed E-state index contributed by atoms with van der Waals surface area (Å²) in [5, 5.41) is 5.19. The van der Waals surface area contributed by atoms with Crippen molar-refractivity contribution in [2.75, 3.05) is 19.0 Å². The van der Waals surface area contributed by atoms with Crippen LogP contribution in [0, 0.1) is 17.8 Å². The average molecular weight is 479 g/mol. The summed E-state index contributed by atoms with van der Waals surface area (Å²) >= 11 is 1.31. The van der Waals surface area contributed by atoms with Crippen LogP contribution in [0.15, 0.2) is 11.4 Å². The molecule has 2 rings (SSSR count). The second-order valence-electron chi connectivity index (χ2n) is 9.50. The molecule has 0 saturated heterocycles. The molecule has 0 aliphatic heterocycles. The molecule has 2 aromatic heterocycles. The van der Waals surface area contributed by atoms with Crippen LogP contribution in [-0.4, -0.2) is 44.7 Å². The maximum Gasteiger partial charge on any atom is 0.316 e. The maximum atomic E-state index is 11.7. The molecule has 0 saturated carbocycles. The average Bonchev–Trinajstić information content (AvgIpc) is 3.08. The molecule has 0 spiro atoms. The van der Waals surface area contributed by atoms with Crippen molar-refractivity contribution < 1.29 is 14.3 Å². The first-order chi connectivity index (χ1) is 15.8. The first kappa shape index (κ1) is 27.4. The van der Waals surface area contributed by atoms with Crippen LogP contribution in [0.4, 0.5) is 0 Å². The van der Waals surface area contributed by atoms with Crippen LogP contribution in [0.25, 0.3) is 11.0 Å². The van der Waals surface area contributed by atoms with Gasteiger partial charge in [0.1, 0.15) is 16.9 Å². The number of rotatable bonds is 16. The Morgan fingerprint density at radius 1 is 1.00 bits per heavy atom. The summed E-state index contributed by atoms with van der Waals surface area (Å²) in [4.78, 5) is 20.3. The molecular weight excluding hydrogens is 436 g/mol. The molecule has 0 aliphatic carbocycles. The van der Waals surface area contributed by atoms with E-state index in [-0.39, 0.29) is 11.7 Å². The van der Waals surface area contributed by atoms with Crippen LogP contribution in [-0.2, 0) is 16.6 Å². The highest BCUT2D eigenvalue weighted by Crippen LogP contribution is 2.29. The molecule has 186 valence electrons. The number of thioether (sulfide) groups is 1. The second-order valence-corrected chi connectivity index (χ2v) is 10.5. The van der Waals surface area contributed by atoms with E-state index in [9.17, 15) is 4.79 Å². The van der Waals surface area contributed by atoms with Gasteiger partial charge in [-0.1, -0.05) is 78.0 Å². The van der Waals surface area contributed by atoms with E-state index >= 15 is 0 Å². The summed E-state index contributed by atoms with van der Waals surface area (Å²) in [5.74, 6) is 2.84. The van der Waals surface area contributed by atoms with E-state index < -0.39 is 0 Å². The number of esters is 1. The molecule has 0 aromatic carbocycles. The molecule has 0 amide bonds. The number of hydrogen-bond donors (Lipinski definition) is 0. The minimum Gasteiger partial charge on any atom is -0.476 e. The molecule has 33 heavy (non-hydrogen) atoms. The third-order valence-corrected chi connectivity index (χ3v) is 6.84. The smallest absolute Gasteiger partial charge is 0.316 e. The Hall–Kier alpha value is -1.83. The lowest BCUT2D eigenvalue weighted by atomic mass is 9.93. The molecule has 2 unspecified atom stereocenters. The van der Waals surface area contributed by atoms with Crippen molar-refractivity contribution in [2.24, 2.45) is 24.8 Å². The summed E-state index contributed by atoms with van der Waals surface area (Å²) in [6, 6.07) is 0. The number of aryl methyl sites for hydroxylation is 1. The molecule has 0 bridgehead atoms. The van der Waals surface area contributed by atoms with E-state index in [4.69, 9.17) is 9.47 Å². The minimum absolute atomic E-state index is 0.195. The molecule has 2 aromatic rings. The predicted molar refractivity (Wildman–Crippen MR) is 135 cm³/mol. The van der Waals surface area contributed by atoms with Gasteiger partial charge in [-0.2, -0.15) is 5.10 Å². The number of ether oxygens (including phenoxy) is 2. The Morgan fingerprint density at radius 3 is 2.33 bits per heavy atom. The standard InChI is InChI=1S/C25H42N4O3S/c1-7-31-21(30)16-33-24-22-23(26-17-27-24)25(29(6)28-22)32-15-14-20(5)13-9-12-19(4)11-8-10-18(2)3/h17-20H,7-16H2,1-6H3. The highest BCUT2D eigenvalue weighted by Gasteiger charge is 2.18. The second kappa shape index (κ2) is 14.4. The quantitative estimate of drug-likeness (QED) is 0.165. The number of carbonyl (C=O) groups excluding carboxylic acids is 1. The van der Waals surface area contributed by atoms with Crippen LogP contribution < -0.4 is 4.74 Å². The fraction of sp³-hybridized carbons (Fsp3) is 0.760. The van der Waals surface area contributed by atoms with Gasteiger partial charge in [-0.3, -0.25) is 4.79 Å².